The third kappa shape index (κ3) is 6.04. The molecule has 1 aliphatic carbocycles. The summed E-state index contributed by atoms with van der Waals surface area (Å²) in [7, 11) is 0. The topological polar surface area (TPSA) is 48.0 Å². The van der Waals surface area contributed by atoms with Gasteiger partial charge >= 0.3 is 0 Å². The van der Waals surface area contributed by atoms with Gasteiger partial charge in [0.15, 0.2) is 5.82 Å². The number of nitrogens with zero attached hydrogens (tertiary/aromatic N) is 5. The lowest BCUT2D eigenvalue weighted by Gasteiger charge is -2.22. The molecule has 5 heteroatoms. The predicted octanol–water partition coefficient (Wildman–Crippen LogP) is 13.7. The zero-order chi connectivity index (χ0) is 41.0. The van der Waals surface area contributed by atoms with E-state index in [9.17, 15) is 0 Å². The lowest BCUT2D eigenvalue weighted by molar-refractivity contribution is 0.823. The molecule has 1 unspecified atom stereocenters. The van der Waals surface area contributed by atoms with E-state index in [1.165, 1.54) is 49.6 Å². The van der Waals surface area contributed by atoms with E-state index in [0.29, 0.717) is 6.54 Å². The zero-order valence-electron chi connectivity index (χ0n) is 34.1. The lowest BCUT2D eigenvalue weighted by atomic mass is 9.86. The van der Waals surface area contributed by atoms with Gasteiger partial charge in [0, 0.05) is 51.7 Å². The second-order valence-corrected chi connectivity index (χ2v) is 16.3. The van der Waals surface area contributed by atoms with Crippen LogP contribution in [0.1, 0.15) is 34.9 Å². The summed E-state index contributed by atoms with van der Waals surface area (Å²) in [5.74, 6) is 1.02. The molecule has 3 aromatic heterocycles. The molecular weight excluding hydrogens is 755 g/mol. The highest BCUT2D eigenvalue weighted by molar-refractivity contribution is 6.09. The predicted molar refractivity (Wildman–Crippen MR) is 257 cm³/mol. The normalized spacial score (nSPS) is 14.7. The standard InChI is InChI=1S/C57H41N5/c1-5-15-38(16-6-1)44-25-28-47-49-36-43(42-26-29-51-48(35-42)46-23-13-14-24-50(46)61(51)45-21-11-4-12-22-45)27-30-52(49)62(53(47)37-44)57-56(41-31-33-58-34-32-41)59-54(39-17-7-2-8-18-39)55(60-57)40-19-9-3-10-20-40/h1-31,33,35,37,43H,32,34,36H2. The van der Waals surface area contributed by atoms with Crippen LogP contribution in [0.2, 0.25) is 0 Å². The van der Waals surface area contributed by atoms with Crippen LogP contribution in [0.4, 0.5) is 0 Å². The van der Waals surface area contributed by atoms with Gasteiger partial charge in [-0.1, -0.05) is 152 Å². The number of dihydropyridines is 1. The van der Waals surface area contributed by atoms with Crippen molar-refractivity contribution < 1.29 is 0 Å². The molecule has 5 nitrogen and oxygen atoms in total. The number of benzene rings is 7. The first-order chi connectivity index (χ1) is 30.8. The Morgan fingerprint density at radius 2 is 1.15 bits per heavy atom. The molecule has 12 rings (SSSR count). The molecule has 0 saturated heterocycles. The van der Waals surface area contributed by atoms with E-state index < -0.39 is 0 Å². The molecule has 0 amide bonds. The Kier molecular flexibility index (Phi) is 8.70. The summed E-state index contributed by atoms with van der Waals surface area (Å²) in [6.07, 6.45) is 10.4. The van der Waals surface area contributed by atoms with Crippen LogP contribution in [0.3, 0.4) is 0 Å². The number of aromatic nitrogens is 4. The van der Waals surface area contributed by atoms with Gasteiger partial charge in [0.1, 0.15) is 5.69 Å². The maximum Gasteiger partial charge on any atom is 0.164 e. The summed E-state index contributed by atoms with van der Waals surface area (Å²) in [5.41, 5.74) is 16.7. The van der Waals surface area contributed by atoms with Crippen molar-refractivity contribution in [2.75, 3.05) is 6.54 Å². The van der Waals surface area contributed by atoms with Crippen molar-refractivity contribution >= 4 is 50.6 Å². The first kappa shape index (κ1) is 36.0. The molecule has 0 spiro atoms. The minimum absolute atomic E-state index is 0.182. The smallest absolute Gasteiger partial charge is 0.164 e. The summed E-state index contributed by atoms with van der Waals surface area (Å²) < 4.78 is 4.79. The number of hydrogen-bond donors (Lipinski definition) is 0. The average Bonchev–Trinajstić information content (AvgIpc) is 3.86. The molecule has 0 saturated carbocycles. The molecule has 1 aliphatic heterocycles. The Balaban J connectivity index is 1.08. The molecule has 62 heavy (non-hydrogen) atoms. The quantitative estimate of drug-likeness (QED) is 0.161. The molecule has 4 heterocycles. The van der Waals surface area contributed by atoms with Crippen LogP contribution >= 0.6 is 0 Å². The number of rotatable bonds is 7. The molecule has 294 valence electrons. The van der Waals surface area contributed by atoms with Gasteiger partial charge in [0.25, 0.3) is 0 Å². The zero-order valence-corrected chi connectivity index (χ0v) is 34.1. The number of para-hydroxylation sites is 2. The van der Waals surface area contributed by atoms with Crippen LogP contribution < -0.4 is 0 Å². The van der Waals surface area contributed by atoms with Crippen LogP contribution in [0, 0.1) is 0 Å². The van der Waals surface area contributed by atoms with Crippen molar-refractivity contribution in [3.63, 3.8) is 0 Å². The third-order valence-electron chi connectivity index (χ3n) is 12.6. The van der Waals surface area contributed by atoms with Crippen molar-refractivity contribution in [3.8, 4) is 45.1 Å². The molecule has 1 atom stereocenters. The highest BCUT2D eigenvalue weighted by Crippen LogP contribution is 2.43. The minimum Gasteiger partial charge on any atom is -0.309 e. The first-order valence-electron chi connectivity index (χ1n) is 21.5. The van der Waals surface area contributed by atoms with Crippen molar-refractivity contribution in [3.05, 3.63) is 217 Å². The van der Waals surface area contributed by atoms with Crippen LogP contribution in [0.5, 0.6) is 0 Å². The van der Waals surface area contributed by atoms with Crippen molar-refractivity contribution in [1.82, 2.24) is 19.1 Å². The summed E-state index contributed by atoms with van der Waals surface area (Å²) in [5, 5.41) is 3.77. The van der Waals surface area contributed by atoms with E-state index in [-0.39, 0.29) is 5.92 Å². The molecule has 0 fully saturated rings. The Morgan fingerprint density at radius 3 is 1.87 bits per heavy atom. The van der Waals surface area contributed by atoms with Crippen LogP contribution in [0.25, 0.3) is 89.5 Å². The Bertz CT molecular complexity index is 3410. The second-order valence-electron chi connectivity index (χ2n) is 16.3. The molecular formula is C57H41N5. The van der Waals surface area contributed by atoms with Crippen LogP contribution in [0.15, 0.2) is 199 Å². The largest absolute Gasteiger partial charge is 0.309 e. The van der Waals surface area contributed by atoms with Crippen LogP contribution in [-0.4, -0.2) is 31.9 Å². The summed E-state index contributed by atoms with van der Waals surface area (Å²) in [6, 6.07) is 65.2. The van der Waals surface area contributed by atoms with E-state index in [1.807, 2.05) is 6.21 Å². The molecule has 0 bridgehead atoms. The molecule has 0 radical (unpaired) electrons. The van der Waals surface area contributed by atoms with E-state index in [4.69, 9.17) is 9.97 Å². The molecule has 2 aliphatic rings. The molecule has 7 aromatic carbocycles. The Hall–Kier alpha value is -7.89. The fourth-order valence-electron chi connectivity index (χ4n) is 9.68. The second kappa shape index (κ2) is 15.0. The van der Waals surface area contributed by atoms with Gasteiger partial charge in [0.2, 0.25) is 0 Å². The first-order valence-corrected chi connectivity index (χ1v) is 21.5. The lowest BCUT2D eigenvalue weighted by Crippen LogP contribution is -2.13. The fraction of sp³-hybridized carbons (Fsp3) is 0.0702. The Morgan fingerprint density at radius 1 is 0.484 bits per heavy atom. The maximum atomic E-state index is 5.74. The minimum atomic E-state index is 0.182. The van der Waals surface area contributed by atoms with Crippen molar-refractivity contribution in [2.24, 2.45) is 4.99 Å². The average molecular weight is 796 g/mol. The van der Waals surface area contributed by atoms with E-state index in [0.717, 1.165) is 69.2 Å². The van der Waals surface area contributed by atoms with Gasteiger partial charge in [0.05, 0.1) is 33.6 Å². The highest BCUT2D eigenvalue weighted by atomic mass is 15.1. The van der Waals surface area contributed by atoms with E-state index in [2.05, 4.69) is 214 Å². The van der Waals surface area contributed by atoms with Crippen molar-refractivity contribution in [2.45, 2.75) is 18.8 Å². The molecule has 10 aromatic rings. The maximum absolute atomic E-state index is 5.74. The van der Waals surface area contributed by atoms with Gasteiger partial charge < -0.3 is 4.57 Å². The number of aliphatic imine (C=N–C) groups is 1. The number of hydrogen-bond acceptors (Lipinski definition) is 3. The highest BCUT2D eigenvalue weighted by Gasteiger charge is 2.29. The van der Waals surface area contributed by atoms with Crippen molar-refractivity contribution in [1.29, 1.82) is 0 Å². The fourth-order valence-corrected chi connectivity index (χ4v) is 9.68. The van der Waals surface area contributed by atoms with E-state index in [1.54, 1.807) is 0 Å². The summed E-state index contributed by atoms with van der Waals surface area (Å²) in [4.78, 5) is 16.0. The van der Waals surface area contributed by atoms with Gasteiger partial charge in [-0.2, -0.15) is 0 Å². The summed E-state index contributed by atoms with van der Waals surface area (Å²) >= 11 is 0. The van der Waals surface area contributed by atoms with Gasteiger partial charge in [-0.3, -0.25) is 9.56 Å². The van der Waals surface area contributed by atoms with Crippen LogP contribution in [-0.2, 0) is 6.42 Å². The van der Waals surface area contributed by atoms with Gasteiger partial charge in [-0.15, -0.1) is 0 Å². The van der Waals surface area contributed by atoms with Gasteiger partial charge in [-0.05, 0) is 89.2 Å². The third-order valence-corrected chi connectivity index (χ3v) is 12.6. The monoisotopic (exact) mass is 795 g/mol. The summed E-state index contributed by atoms with van der Waals surface area (Å²) in [6.45, 7) is 0.715. The number of fused-ring (bicyclic) bond motifs is 6. The SMILES string of the molecule is C1=CC(c2ccc3c(c2)c2ccccc2n3-c2ccccc2)Cc2c1n(-c1nc(-c3ccccc3)c(-c3ccccc3)nc1C1=CC=NCC1)c1cc(-c3ccccc3)ccc21. The number of allylic oxidation sites excluding steroid dienone is 2. The van der Waals surface area contributed by atoms with Gasteiger partial charge in [-0.25, -0.2) is 9.97 Å². The molecule has 0 N–H and O–H groups in total. The Labute approximate surface area is 360 Å². The van der Waals surface area contributed by atoms with E-state index >= 15 is 0 Å².